The van der Waals surface area contributed by atoms with E-state index in [1.165, 1.54) is 0 Å². The van der Waals surface area contributed by atoms with Crippen molar-refractivity contribution >= 4 is 0 Å². The Labute approximate surface area is 70.0 Å². The van der Waals surface area contributed by atoms with Gasteiger partial charge in [-0.2, -0.15) is 0 Å². The van der Waals surface area contributed by atoms with Crippen LogP contribution in [0.15, 0.2) is 0 Å². The molecule has 64 valence electrons. The molecule has 0 aliphatic heterocycles. The Morgan fingerprint density at radius 2 is 2.27 bits per heavy atom. The summed E-state index contributed by atoms with van der Waals surface area (Å²) in [6.07, 6.45) is 6.34. The molecule has 2 heteroatoms. The summed E-state index contributed by atoms with van der Waals surface area (Å²) in [4.78, 5) is 2.18. The summed E-state index contributed by atoms with van der Waals surface area (Å²) in [6, 6.07) is 0.568. The van der Waals surface area contributed by atoms with Gasteiger partial charge in [0.25, 0.3) is 0 Å². The minimum atomic E-state index is 0.568. The second-order valence-corrected chi connectivity index (χ2v) is 2.86. The lowest BCUT2D eigenvalue weighted by molar-refractivity contribution is 0.274. The van der Waals surface area contributed by atoms with Crippen molar-refractivity contribution in [3.63, 3.8) is 0 Å². The number of hydrogen-bond acceptors (Lipinski definition) is 2. The van der Waals surface area contributed by atoms with Gasteiger partial charge in [-0.05, 0) is 34.0 Å². The number of hydrogen-bond donors (Lipinski definition) is 1. The minimum Gasteiger partial charge on any atom is -0.320 e. The number of nitrogens with one attached hydrogen (secondary N) is 1. The first-order valence-electron chi connectivity index (χ1n) is 4.00. The van der Waals surface area contributed by atoms with Crippen molar-refractivity contribution in [3.05, 3.63) is 0 Å². The van der Waals surface area contributed by atoms with Gasteiger partial charge >= 0.3 is 0 Å². The van der Waals surface area contributed by atoms with E-state index in [9.17, 15) is 0 Å². The lowest BCUT2D eigenvalue weighted by atomic mass is 10.2. The predicted molar refractivity (Wildman–Crippen MR) is 49.5 cm³/mol. The van der Waals surface area contributed by atoms with E-state index in [0.717, 1.165) is 19.5 Å². The van der Waals surface area contributed by atoms with Crippen molar-refractivity contribution in [1.82, 2.24) is 10.2 Å². The molecule has 11 heavy (non-hydrogen) atoms. The van der Waals surface area contributed by atoms with Crippen molar-refractivity contribution in [1.29, 1.82) is 0 Å². The Morgan fingerprint density at radius 1 is 1.64 bits per heavy atom. The zero-order chi connectivity index (χ0) is 8.69. The van der Waals surface area contributed by atoms with E-state index >= 15 is 0 Å². The van der Waals surface area contributed by atoms with Crippen molar-refractivity contribution in [2.75, 3.05) is 27.2 Å². The molecule has 1 atom stereocenters. The SMILES string of the molecule is C#CCN(C)C(C)CCNC. The largest absolute Gasteiger partial charge is 0.320 e. The molecule has 0 radical (unpaired) electrons. The Bertz CT molecular complexity index is 126. The van der Waals surface area contributed by atoms with Crippen LogP contribution in [0.25, 0.3) is 0 Å². The number of terminal acetylenes is 1. The Balaban J connectivity index is 3.48. The van der Waals surface area contributed by atoms with E-state index in [0.29, 0.717) is 6.04 Å². The van der Waals surface area contributed by atoms with Gasteiger partial charge in [-0.1, -0.05) is 5.92 Å². The van der Waals surface area contributed by atoms with Gasteiger partial charge in [-0.25, -0.2) is 0 Å². The molecule has 0 saturated carbocycles. The maximum Gasteiger partial charge on any atom is 0.0598 e. The van der Waals surface area contributed by atoms with Crippen LogP contribution in [0.3, 0.4) is 0 Å². The highest BCUT2D eigenvalue weighted by atomic mass is 15.1. The third-order valence-electron chi connectivity index (χ3n) is 1.91. The Kier molecular flexibility index (Phi) is 5.91. The van der Waals surface area contributed by atoms with Crippen LogP contribution >= 0.6 is 0 Å². The first-order chi connectivity index (χ1) is 5.22. The van der Waals surface area contributed by atoms with Crippen LogP contribution in [0.5, 0.6) is 0 Å². The van der Waals surface area contributed by atoms with Crippen molar-refractivity contribution in [3.8, 4) is 12.3 Å². The zero-order valence-corrected chi connectivity index (χ0v) is 7.72. The maximum absolute atomic E-state index is 5.19. The first kappa shape index (κ1) is 10.5. The van der Waals surface area contributed by atoms with Crippen LogP contribution in [0, 0.1) is 12.3 Å². The standard InChI is InChI=1S/C9H18N2/c1-5-8-11(4)9(2)6-7-10-3/h1,9-10H,6-8H2,2-4H3. The summed E-state index contributed by atoms with van der Waals surface area (Å²) in [6.45, 7) is 3.98. The van der Waals surface area contributed by atoms with Crippen LogP contribution < -0.4 is 5.32 Å². The van der Waals surface area contributed by atoms with Crippen LogP contribution in [-0.2, 0) is 0 Å². The quantitative estimate of drug-likeness (QED) is 0.582. The molecule has 0 aliphatic carbocycles. The van der Waals surface area contributed by atoms with E-state index in [1.807, 2.05) is 7.05 Å². The molecule has 0 amide bonds. The fourth-order valence-corrected chi connectivity index (χ4v) is 0.873. The molecular weight excluding hydrogens is 136 g/mol. The highest BCUT2D eigenvalue weighted by Crippen LogP contribution is 1.98. The van der Waals surface area contributed by atoms with Gasteiger partial charge in [0.1, 0.15) is 0 Å². The predicted octanol–water partition coefficient (Wildman–Crippen LogP) is 0.549. The molecule has 0 fully saturated rings. The van der Waals surface area contributed by atoms with E-state index < -0.39 is 0 Å². The molecule has 2 nitrogen and oxygen atoms in total. The number of rotatable bonds is 5. The summed E-state index contributed by atoms with van der Waals surface area (Å²) >= 11 is 0. The molecule has 0 rings (SSSR count). The minimum absolute atomic E-state index is 0.568. The highest BCUT2D eigenvalue weighted by Gasteiger charge is 2.05. The first-order valence-corrected chi connectivity index (χ1v) is 4.00. The molecule has 0 heterocycles. The molecule has 1 unspecified atom stereocenters. The van der Waals surface area contributed by atoms with Crippen molar-refractivity contribution < 1.29 is 0 Å². The van der Waals surface area contributed by atoms with E-state index in [-0.39, 0.29) is 0 Å². The van der Waals surface area contributed by atoms with Gasteiger partial charge in [0, 0.05) is 6.04 Å². The van der Waals surface area contributed by atoms with Gasteiger partial charge in [-0.3, -0.25) is 4.90 Å². The molecule has 0 aliphatic rings. The van der Waals surface area contributed by atoms with Crippen molar-refractivity contribution in [2.45, 2.75) is 19.4 Å². The van der Waals surface area contributed by atoms with E-state index in [4.69, 9.17) is 6.42 Å². The van der Waals surface area contributed by atoms with Gasteiger partial charge in [0.05, 0.1) is 6.54 Å². The lowest BCUT2D eigenvalue weighted by Crippen LogP contribution is -2.31. The normalized spacial score (nSPS) is 13.0. The molecule has 1 N–H and O–H groups in total. The topological polar surface area (TPSA) is 15.3 Å². The average Bonchev–Trinajstić information content (AvgIpc) is 2.00. The van der Waals surface area contributed by atoms with Crippen LogP contribution in [-0.4, -0.2) is 38.1 Å². The van der Waals surface area contributed by atoms with E-state index in [1.54, 1.807) is 0 Å². The van der Waals surface area contributed by atoms with Crippen LogP contribution in [0.1, 0.15) is 13.3 Å². The fourth-order valence-electron chi connectivity index (χ4n) is 0.873. The second kappa shape index (κ2) is 6.21. The molecule has 0 bridgehead atoms. The van der Waals surface area contributed by atoms with Gasteiger partial charge in [0.2, 0.25) is 0 Å². The fraction of sp³-hybridized carbons (Fsp3) is 0.778. The van der Waals surface area contributed by atoms with Crippen LogP contribution in [0.4, 0.5) is 0 Å². The van der Waals surface area contributed by atoms with E-state index in [2.05, 4.69) is 30.1 Å². The van der Waals surface area contributed by atoms with Gasteiger partial charge in [-0.15, -0.1) is 6.42 Å². The van der Waals surface area contributed by atoms with Crippen LogP contribution in [0.2, 0.25) is 0 Å². The summed E-state index contributed by atoms with van der Waals surface area (Å²) < 4.78 is 0. The summed E-state index contributed by atoms with van der Waals surface area (Å²) in [5, 5.41) is 3.12. The summed E-state index contributed by atoms with van der Waals surface area (Å²) in [5.74, 6) is 2.63. The van der Waals surface area contributed by atoms with Gasteiger partial charge in [0.15, 0.2) is 0 Å². The Morgan fingerprint density at radius 3 is 2.73 bits per heavy atom. The molecular formula is C9H18N2. The average molecular weight is 154 g/mol. The molecule has 0 saturated heterocycles. The second-order valence-electron chi connectivity index (χ2n) is 2.86. The molecule has 0 aromatic heterocycles. The summed E-state index contributed by atoms with van der Waals surface area (Å²) in [5.41, 5.74) is 0. The highest BCUT2D eigenvalue weighted by molar-refractivity contribution is 4.88. The number of nitrogens with zero attached hydrogens (tertiary/aromatic N) is 1. The molecule has 0 aromatic carbocycles. The molecule has 0 spiro atoms. The van der Waals surface area contributed by atoms with Gasteiger partial charge < -0.3 is 5.32 Å². The Hall–Kier alpha value is -0.520. The third kappa shape index (κ3) is 4.83. The zero-order valence-electron chi connectivity index (χ0n) is 7.72. The smallest absolute Gasteiger partial charge is 0.0598 e. The lowest BCUT2D eigenvalue weighted by Gasteiger charge is -2.21. The monoisotopic (exact) mass is 154 g/mol. The molecule has 0 aromatic rings. The third-order valence-corrected chi connectivity index (χ3v) is 1.91. The van der Waals surface area contributed by atoms with Crippen molar-refractivity contribution in [2.24, 2.45) is 0 Å². The summed E-state index contributed by atoms with van der Waals surface area (Å²) in [7, 11) is 4.02. The maximum atomic E-state index is 5.19.